The predicted octanol–water partition coefficient (Wildman–Crippen LogP) is 2.59. The summed E-state index contributed by atoms with van der Waals surface area (Å²) in [6.07, 6.45) is 0. The second-order valence-electron chi connectivity index (χ2n) is 8.17. The molecular weight excluding hydrogens is 346 g/mol. The Bertz CT molecular complexity index is 948. The lowest BCUT2D eigenvalue weighted by Gasteiger charge is -2.30. The van der Waals surface area contributed by atoms with Crippen molar-refractivity contribution in [1.29, 1.82) is 0 Å². The third-order valence-electron chi connectivity index (χ3n) is 4.72. The minimum atomic E-state index is -0.653. The van der Waals surface area contributed by atoms with Gasteiger partial charge in [-0.2, -0.15) is 0 Å². The number of benzene rings is 1. The molecule has 0 heterocycles. The highest BCUT2D eigenvalue weighted by atomic mass is 16.3. The molecule has 27 heavy (non-hydrogen) atoms. The molecule has 7 heteroatoms. The van der Waals surface area contributed by atoms with E-state index < -0.39 is 10.9 Å². The first-order valence-corrected chi connectivity index (χ1v) is 8.76. The number of nitrogens with zero attached hydrogens (tertiary/aromatic N) is 1. The molecule has 7 nitrogen and oxygen atoms in total. The van der Waals surface area contributed by atoms with Crippen LogP contribution in [0.3, 0.4) is 0 Å². The first-order chi connectivity index (χ1) is 12.3. The van der Waals surface area contributed by atoms with Crippen LogP contribution in [0.15, 0.2) is 21.7 Å². The Morgan fingerprint density at radius 1 is 1.11 bits per heavy atom. The third kappa shape index (κ3) is 3.97. The molecule has 1 atom stereocenters. The van der Waals surface area contributed by atoms with Gasteiger partial charge in [-0.05, 0) is 37.0 Å². The molecule has 0 bridgehead atoms. The maximum Gasteiger partial charge on any atom is 0.257 e. The van der Waals surface area contributed by atoms with E-state index in [1.54, 1.807) is 33.2 Å². The number of nitrogens with one attached hydrogen (secondary N) is 2. The van der Waals surface area contributed by atoms with Crippen molar-refractivity contribution in [1.82, 2.24) is 4.90 Å². The first-order valence-electron chi connectivity index (χ1n) is 8.76. The first kappa shape index (κ1) is 20.5. The Balaban J connectivity index is 2.42. The molecule has 0 radical (unpaired) electrons. The van der Waals surface area contributed by atoms with Crippen LogP contribution in [-0.4, -0.2) is 36.1 Å². The average molecular weight is 373 g/mol. The molecule has 3 N–H and O–H groups in total. The summed E-state index contributed by atoms with van der Waals surface area (Å²) in [4.78, 5) is 37.7. The summed E-state index contributed by atoms with van der Waals surface area (Å²) in [6, 6.07) is 3.14. The molecule has 2 aromatic carbocycles. The fourth-order valence-electron chi connectivity index (χ4n) is 2.49. The van der Waals surface area contributed by atoms with E-state index in [0.29, 0.717) is 0 Å². The van der Waals surface area contributed by atoms with Gasteiger partial charge in [-0.3, -0.25) is 14.4 Å². The summed E-state index contributed by atoms with van der Waals surface area (Å²) >= 11 is 0. The molecule has 0 unspecified atom stereocenters. The maximum atomic E-state index is 12.3. The van der Waals surface area contributed by atoms with Gasteiger partial charge >= 0.3 is 0 Å². The van der Waals surface area contributed by atoms with Crippen LogP contribution >= 0.6 is 0 Å². The minimum Gasteiger partial charge on any atom is -0.505 e. The largest absolute Gasteiger partial charge is 0.505 e. The zero-order chi connectivity index (χ0) is 20.7. The van der Waals surface area contributed by atoms with E-state index in [2.05, 4.69) is 10.6 Å². The molecule has 0 aliphatic heterocycles. The number of hydrogen-bond acceptors (Lipinski definition) is 6. The molecule has 0 aliphatic rings. The molecule has 0 aromatic heterocycles. The van der Waals surface area contributed by atoms with Crippen molar-refractivity contribution in [3.63, 3.8) is 0 Å². The zero-order valence-electron chi connectivity index (χ0n) is 16.9. The van der Waals surface area contributed by atoms with E-state index in [-0.39, 0.29) is 45.7 Å². The van der Waals surface area contributed by atoms with Crippen LogP contribution in [0.25, 0.3) is 0 Å². The molecule has 1 amide bonds. The lowest BCUT2D eigenvalue weighted by molar-refractivity contribution is 0.0824. The number of carbonyl (C=O) groups excluding carboxylic acids is 1. The van der Waals surface area contributed by atoms with E-state index in [9.17, 15) is 19.5 Å². The molecule has 0 saturated carbocycles. The van der Waals surface area contributed by atoms with Gasteiger partial charge in [0.15, 0.2) is 5.75 Å². The van der Waals surface area contributed by atoms with Crippen LogP contribution in [0.5, 0.6) is 5.75 Å². The lowest BCUT2D eigenvalue weighted by atomic mass is 9.87. The summed E-state index contributed by atoms with van der Waals surface area (Å²) in [5.74, 6) is -0.619. The van der Waals surface area contributed by atoms with Crippen molar-refractivity contribution in [3.8, 4) is 5.75 Å². The van der Waals surface area contributed by atoms with E-state index in [1.165, 1.54) is 4.90 Å². The predicted molar refractivity (Wildman–Crippen MR) is 108 cm³/mol. The number of phenolic OH excluding ortho intramolecular Hbond substituents is 1. The quantitative estimate of drug-likeness (QED) is 0.550. The molecule has 0 aliphatic carbocycles. The highest BCUT2D eigenvalue weighted by Gasteiger charge is 2.28. The van der Waals surface area contributed by atoms with Crippen molar-refractivity contribution in [2.45, 2.75) is 40.7 Å². The van der Waals surface area contributed by atoms with Crippen molar-refractivity contribution in [2.75, 3.05) is 24.7 Å². The van der Waals surface area contributed by atoms with E-state index in [4.69, 9.17) is 0 Å². The van der Waals surface area contributed by atoms with Crippen molar-refractivity contribution >= 4 is 23.0 Å². The van der Waals surface area contributed by atoms with Crippen LogP contribution in [0.2, 0.25) is 0 Å². The van der Waals surface area contributed by atoms with Gasteiger partial charge in [-0.25, -0.2) is 0 Å². The van der Waals surface area contributed by atoms with Crippen LogP contribution in [0, 0.1) is 12.3 Å². The van der Waals surface area contributed by atoms with Gasteiger partial charge in [0, 0.05) is 20.1 Å². The summed E-state index contributed by atoms with van der Waals surface area (Å²) in [6.45, 7) is 9.77. The SMILES string of the molecule is Cc1cc(Nc2c(N[C@@H](C)C(C)(C)C)c(=O)c2=O)c(O)c(C(=O)N(C)C)c1. The fourth-order valence-corrected chi connectivity index (χ4v) is 2.49. The van der Waals surface area contributed by atoms with Crippen molar-refractivity contribution in [3.05, 3.63) is 43.7 Å². The number of hydrogen-bond donors (Lipinski definition) is 3. The highest BCUT2D eigenvalue weighted by Crippen LogP contribution is 2.34. The molecular formula is C20H27N3O4. The van der Waals surface area contributed by atoms with Crippen molar-refractivity contribution in [2.24, 2.45) is 5.41 Å². The number of phenols is 1. The fraction of sp³-hybridized carbons (Fsp3) is 0.450. The van der Waals surface area contributed by atoms with E-state index >= 15 is 0 Å². The second-order valence-corrected chi connectivity index (χ2v) is 8.17. The lowest BCUT2D eigenvalue weighted by Crippen LogP contribution is -2.41. The third-order valence-corrected chi connectivity index (χ3v) is 4.72. The Labute approximate surface area is 158 Å². The van der Waals surface area contributed by atoms with E-state index in [0.717, 1.165) is 5.56 Å². The summed E-state index contributed by atoms with van der Waals surface area (Å²) in [7, 11) is 3.17. The zero-order valence-corrected chi connectivity index (χ0v) is 16.9. The molecule has 2 rings (SSSR count). The number of aryl methyl sites for hydroxylation is 1. The topological polar surface area (TPSA) is 98.7 Å². The second kappa shape index (κ2) is 7.06. The number of amides is 1. The van der Waals surface area contributed by atoms with Gasteiger partial charge in [-0.1, -0.05) is 20.8 Å². The number of anilines is 3. The van der Waals surface area contributed by atoms with Crippen LogP contribution in [0.4, 0.5) is 17.1 Å². The van der Waals surface area contributed by atoms with Crippen LogP contribution in [0.1, 0.15) is 43.6 Å². The minimum absolute atomic E-state index is 0.0571. The van der Waals surface area contributed by atoms with Gasteiger partial charge in [0.2, 0.25) is 0 Å². The van der Waals surface area contributed by atoms with Gasteiger partial charge in [-0.15, -0.1) is 0 Å². The average Bonchev–Trinajstić information content (AvgIpc) is 2.58. The number of carbonyl (C=O) groups is 1. The van der Waals surface area contributed by atoms with Crippen molar-refractivity contribution < 1.29 is 9.90 Å². The number of aromatic hydroxyl groups is 1. The normalized spacial score (nSPS) is 12.7. The Morgan fingerprint density at radius 2 is 1.67 bits per heavy atom. The standard InChI is InChI=1S/C20H27N3O4/c1-10-8-12(19(27)23(6)7)16(24)13(9-10)22-15-14(17(25)18(15)26)21-11(2)20(3,4)5/h8-9,11,21-22,24H,1-7H3/t11-/m0/s1. The van der Waals surface area contributed by atoms with Crippen LogP contribution < -0.4 is 21.5 Å². The summed E-state index contributed by atoms with van der Waals surface area (Å²) in [5.41, 5.74) is -0.00272. The van der Waals surface area contributed by atoms with Gasteiger partial charge in [0.05, 0.1) is 11.3 Å². The van der Waals surface area contributed by atoms with Crippen LogP contribution in [-0.2, 0) is 0 Å². The molecule has 146 valence electrons. The van der Waals surface area contributed by atoms with Gasteiger partial charge in [0.1, 0.15) is 11.4 Å². The smallest absolute Gasteiger partial charge is 0.257 e. The van der Waals surface area contributed by atoms with Gasteiger partial charge < -0.3 is 20.6 Å². The highest BCUT2D eigenvalue weighted by molar-refractivity contribution is 5.99. The Morgan fingerprint density at radius 3 is 2.19 bits per heavy atom. The number of rotatable bonds is 5. The monoisotopic (exact) mass is 373 g/mol. The molecule has 2 aromatic rings. The Hall–Kier alpha value is -2.83. The molecule has 0 spiro atoms. The van der Waals surface area contributed by atoms with Gasteiger partial charge in [0.25, 0.3) is 16.8 Å². The molecule has 0 saturated heterocycles. The maximum absolute atomic E-state index is 12.3. The Kier molecular flexibility index (Phi) is 5.35. The summed E-state index contributed by atoms with van der Waals surface area (Å²) < 4.78 is 0. The summed E-state index contributed by atoms with van der Waals surface area (Å²) in [5, 5.41) is 16.4. The van der Waals surface area contributed by atoms with E-state index in [1.807, 2.05) is 27.7 Å². The molecule has 0 fully saturated rings.